The Morgan fingerprint density at radius 1 is 0.941 bits per heavy atom. The van der Waals surface area contributed by atoms with Crippen LogP contribution in [0, 0.1) is 5.92 Å². The van der Waals surface area contributed by atoms with Crippen LogP contribution in [-0.2, 0) is 6.42 Å². The Bertz CT molecular complexity index is 1340. The third-order valence-electron chi connectivity index (χ3n) is 7.50. The Kier molecular flexibility index (Phi) is 5.46. The summed E-state index contributed by atoms with van der Waals surface area (Å²) in [5, 5.41) is 0. The normalized spacial score (nSPS) is 20.2. The second-order valence-electron chi connectivity index (χ2n) is 9.81. The van der Waals surface area contributed by atoms with Crippen molar-refractivity contribution in [3.63, 3.8) is 0 Å². The van der Waals surface area contributed by atoms with Gasteiger partial charge in [-0.25, -0.2) is 19.9 Å². The molecule has 6 nitrogen and oxygen atoms in total. The van der Waals surface area contributed by atoms with Crippen molar-refractivity contribution in [3.05, 3.63) is 59.4 Å². The van der Waals surface area contributed by atoms with Gasteiger partial charge in [0.1, 0.15) is 11.4 Å². The summed E-state index contributed by atoms with van der Waals surface area (Å²) >= 11 is 0. The van der Waals surface area contributed by atoms with Crippen molar-refractivity contribution in [1.82, 2.24) is 9.97 Å². The van der Waals surface area contributed by atoms with Gasteiger partial charge in [0.2, 0.25) is 0 Å². The number of aromatic nitrogens is 4. The van der Waals surface area contributed by atoms with E-state index in [9.17, 15) is 0 Å². The quantitative estimate of drug-likeness (QED) is 0.424. The number of aryl methyl sites for hydroxylation is 1. The molecule has 0 bridgehead atoms. The van der Waals surface area contributed by atoms with Crippen molar-refractivity contribution in [2.45, 2.75) is 32.6 Å². The molecule has 1 fully saturated rings. The number of likely N-dealkylation sites (tertiary alicyclic amines) is 1. The number of piperidine rings is 1. The van der Waals surface area contributed by atoms with Gasteiger partial charge in [-0.2, -0.15) is 0 Å². The number of imidazole rings is 2. The molecular formula is C28H34N5O+3. The van der Waals surface area contributed by atoms with Crippen LogP contribution < -0.4 is 19.6 Å². The molecule has 0 spiro atoms. The van der Waals surface area contributed by atoms with E-state index in [1.54, 1.807) is 10.5 Å². The average Bonchev–Trinajstić information content (AvgIpc) is 3.48. The molecule has 4 aromatic rings. The van der Waals surface area contributed by atoms with E-state index in [4.69, 9.17) is 4.74 Å². The van der Waals surface area contributed by atoms with Gasteiger partial charge < -0.3 is 9.64 Å². The zero-order valence-electron chi connectivity index (χ0n) is 20.1. The van der Waals surface area contributed by atoms with Crippen molar-refractivity contribution in [3.8, 4) is 28.5 Å². The third kappa shape index (κ3) is 4.03. The van der Waals surface area contributed by atoms with Gasteiger partial charge in [0.05, 0.1) is 37.9 Å². The maximum absolute atomic E-state index is 5.57. The van der Waals surface area contributed by atoms with Crippen molar-refractivity contribution < 1.29 is 19.6 Å². The molecule has 6 rings (SSSR count). The van der Waals surface area contributed by atoms with Crippen LogP contribution in [0.3, 0.4) is 0 Å². The van der Waals surface area contributed by atoms with Gasteiger partial charge in [0.15, 0.2) is 16.7 Å². The van der Waals surface area contributed by atoms with Gasteiger partial charge in [-0.15, -0.1) is 0 Å². The lowest BCUT2D eigenvalue weighted by molar-refractivity contribution is -0.885. The van der Waals surface area contributed by atoms with E-state index in [2.05, 4.69) is 63.4 Å². The third-order valence-corrected chi connectivity index (χ3v) is 7.50. The van der Waals surface area contributed by atoms with E-state index >= 15 is 0 Å². The standard InChI is InChI=1S/C28H31N5O/c1-3-34-22-8-4-19(5-9-22)27-29-24-11-7-21(17-26(24)31-27)28-30-23-10-6-20(16-25(23)32-28)18-12-14-33(2)15-13-18/h4-5,7-9,11,16-18H,3,6,10,12-15H2,1-2H3,(H,29,31)(H,30,32)/p+3. The number of H-pyrrole nitrogens is 4. The van der Waals surface area contributed by atoms with Crippen LogP contribution in [0.1, 0.15) is 37.6 Å². The van der Waals surface area contributed by atoms with Gasteiger partial charge >= 0.3 is 0 Å². The molecule has 3 heterocycles. The Labute approximate surface area is 200 Å². The predicted octanol–water partition coefficient (Wildman–Crippen LogP) is 3.11. The molecule has 0 radical (unpaired) electrons. The number of fused-ring (bicyclic) bond motifs is 2. The summed E-state index contributed by atoms with van der Waals surface area (Å²) in [5.41, 5.74) is 8.67. The minimum absolute atomic E-state index is 0.677. The summed E-state index contributed by atoms with van der Waals surface area (Å²) in [6, 6.07) is 14.7. The number of hydrogen-bond donors (Lipinski definition) is 3. The number of quaternary nitrogens is 1. The Morgan fingerprint density at radius 2 is 1.71 bits per heavy atom. The zero-order chi connectivity index (χ0) is 23.1. The first-order valence-corrected chi connectivity index (χ1v) is 12.6. The number of aromatic amines is 4. The second kappa shape index (κ2) is 8.76. The number of ether oxygens (including phenoxy) is 1. The highest BCUT2D eigenvalue weighted by Crippen LogP contribution is 2.31. The minimum Gasteiger partial charge on any atom is -0.494 e. The van der Waals surface area contributed by atoms with E-state index in [0.717, 1.165) is 51.9 Å². The summed E-state index contributed by atoms with van der Waals surface area (Å²) in [6.07, 6.45) is 7.34. The van der Waals surface area contributed by atoms with Crippen LogP contribution in [0.2, 0.25) is 0 Å². The van der Waals surface area contributed by atoms with E-state index in [1.165, 1.54) is 43.7 Å². The zero-order valence-corrected chi connectivity index (χ0v) is 20.1. The predicted molar refractivity (Wildman–Crippen MR) is 133 cm³/mol. The molecule has 2 aliphatic rings. The monoisotopic (exact) mass is 456 g/mol. The molecule has 2 aromatic carbocycles. The Morgan fingerprint density at radius 3 is 2.50 bits per heavy atom. The van der Waals surface area contributed by atoms with Crippen molar-refractivity contribution >= 4 is 17.1 Å². The topological polar surface area (TPSA) is 73.5 Å². The molecule has 0 unspecified atom stereocenters. The molecule has 2 aromatic heterocycles. The highest BCUT2D eigenvalue weighted by molar-refractivity contribution is 5.79. The Hall–Kier alpha value is -3.38. The van der Waals surface area contributed by atoms with Gasteiger partial charge in [0, 0.05) is 25.3 Å². The number of benzene rings is 2. The number of hydrogen-bond acceptors (Lipinski definition) is 1. The molecular weight excluding hydrogens is 422 g/mol. The fourth-order valence-electron chi connectivity index (χ4n) is 5.50. The Balaban J connectivity index is 1.26. The van der Waals surface area contributed by atoms with Gasteiger partial charge in [-0.3, -0.25) is 0 Å². The van der Waals surface area contributed by atoms with Crippen molar-refractivity contribution in [2.24, 2.45) is 5.92 Å². The van der Waals surface area contributed by atoms with E-state index in [0.29, 0.717) is 6.61 Å². The van der Waals surface area contributed by atoms with E-state index in [1.807, 2.05) is 19.1 Å². The summed E-state index contributed by atoms with van der Waals surface area (Å²) in [5.74, 6) is 3.73. The smallest absolute Gasteiger partial charge is 0.285 e. The van der Waals surface area contributed by atoms with E-state index < -0.39 is 0 Å². The summed E-state index contributed by atoms with van der Waals surface area (Å²) in [6.45, 7) is 5.27. The van der Waals surface area contributed by atoms with Crippen LogP contribution in [0.5, 0.6) is 5.75 Å². The minimum atomic E-state index is 0.677. The molecule has 1 aliphatic carbocycles. The summed E-state index contributed by atoms with van der Waals surface area (Å²) < 4.78 is 5.57. The van der Waals surface area contributed by atoms with Gasteiger partial charge in [-0.05, 0) is 61.7 Å². The van der Waals surface area contributed by atoms with Crippen LogP contribution in [0.25, 0.3) is 39.9 Å². The van der Waals surface area contributed by atoms with Crippen LogP contribution in [-0.4, -0.2) is 36.7 Å². The lowest BCUT2D eigenvalue weighted by atomic mass is 9.83. The highest BCUT2D eigenvalue weighted by Gasteiger charge is 2.28. The first kappa shape index (κ1) is 21.2. The first-order valence-electron chi connectivity index (χ1n) is 12.6. The SMILES string of the molecule is CCOc1ccc(-c2[nH]c3cc(-c4[nH]c5c([nH+]4)C=C(C4CC[NH+](C)CC4)CC5)ccc3[nH+]2)cc1. The number of rotatable bonds is 5. The summed E-state index contributed by atoms with van der Waals surface area (Å²) in [7, 11) is 2.32. The van der Waals surface area contributed by atoms with Crippen molar-refractivity contribution in [2.75, 3.05) is 26.7 Å². The van der Waals surface area contributed by atoms with Gasteiger partial charge in [-0.1, -0.05) is 5.57 Å². The average molecular weight is 457 g/mol. The lowest BCUT2D eigenvalue weighted by Gasteiger charge is -2.29. The molecule has 5 N–H and O–H groups in total. The molecule has 34 heavy (non-hydrogen) atoms. The van der Waals surface area contributed by atoms with Crippen LogP contribution in [0.15, 0.2) is 48.0 Å². The maximum Gasteiger partial charge on any atom is 0.285 e. The summed E-state index contributed by atoms with van der Waals surface area (Å²) in [4.78, 5) is 16.1. The molecule has 0 saturated carbocycles. The number of allylic oxidation sites excluding steroid dienone is 1. The maximum atomic E-state index is 5.57. The fourth-order valence-corrected chi connectivity index (χ4v) is 5.50. The molecule has 174 valence electrons. The molecule has 0 atom stereocenters. The highest BCUT2D eigenvalue weighted by atomic mass is 16.5. The number of nitrogens with one attached hydrogen (secondary N) is 5. The molecule has 1 aliphatic heterocycles. The first-order chi connectivity index (χ1) is 16.7. The fraction of sp³-hybridized carbons (Fsp3) is 0.357. The molecule has 0 amide bonds. The van der Waals surface area contributed by atoms with Crippen molar-refractivity contribution in [1.29, 1.82) is 0 Å². The van der Waals surface area contributed by atoms with Gasteiger partial charge in [0.25, 0.3) is 11.6 Å². The van der Waals surface area contributed by atoms with E-state index in [-0.39, 0.29) is 0 Å². The second-order valence-corrected chi connectivity index (χ2v) is 9.81. The largest absolute Gasteiger partial charge is 0.494 e. The molecule has 1 saturated heterocycles. The lowest BCUT2D eigenvalue weighted by Crippen LogP contribution is -3.10. The molecule has 6 heteroatoms. The van der Waals surface area contributed by atoms with Crippen LogP contribution in [0.4, 0.5) is 0 Å². The van der Waals surface area contributed by atoms with Crippen LogP contribution >= 0.6 is 0 Å².